The van der Waals surface area contributed by atoms with Crippen molar-refractivity contribution in [3.63, 3.8) is 0 Å². The molecule has 0 bridgehead atoms. The van der Waals surface area contributed by atoms with Gasteiger partial charge in [0.2, 0.25) is 0 Å². The van der Waals surface area contributed by atoms with Crippen molar-refractivity contribution in [3.05, 3.63) is 87.9 Å². The van der Waals surface area contributed by atoms with Gasteiger partial charge < -0.3 is 0 Å². The van der Waals surface area contributed by atoms with Crippen LogP contribution < -0.4 is 4.57 Å². The van der Waals surface area contributed by atoms with Gasteiger partial charge in [0.05, 0.1) is 0 Å². The van der Waals surface area contributed by atoms with Crippen LogP contribution in [0.5, 0.6) is 0 Å². The largest absolute Gasteiger partial charge is 0.380 e. The zero-order chi connectivity index (χ0) is 26.0. The lowest BCUT2D eigenvalue weighted by molar-refractivity contribution is -0.671. The van der Waals surface area contributed by atoms with E-state index in [1.165, 1.54) is 26.0 Å². The Balaban J connectivity index is 1.77. The monoisotopic (exact) mass is 536 g/mol. The molecule has 1 nitrogen and oxygen atoms in total. The number of halogens is 6. The van der Waals surface area contributed by atoms with Gasteiger partial charge >= 0.3 is 17.8 Å². The van der Waals surface area contributed by atoms with Crippen molar-refractivity contribution >= 4 is 33.8 Å². The Morgan fingerprint density at radius 1 is 0.639 bits per heavy atom. The van der Waals surface area contributed by atoms with E-state index < -0.39 is 28.9 Å². The molecule has 0 saturated carbocycles. The minimum atomic E-state index is -5.58. The van der Waals surface area contributed by atoms with Crippen LogP contribution in [0.4, 0.5) is 26.3 Å². The second-order valence-electron chi connectivity index (χ2n) is 8.75. The molecule has 0 unspecified atom stereocenters. The van der Waals surface area contributed by atoms with E-state index in [-0.39, 0.29) is 20.9 Å². The molecule has 3 aromatic heterocycles. The van der Waals surface area contributed by atoms with Gasteiger partial charge in [-0.3, -0.25) is 0 Å². The summed E-state index contributed by atoms with van der Waals surface area (Å²) < 4.78 is 92.7. The van der Waals surface area contributed by atoms with E-state index in [4.69, 9.17) is 0 Å². The van der Waals surface area contributed by atoms with Gasteiger partial charge in [0, 0.05) is 48.4 Å². The summed E-state index contributed by atoms with van der Waals surface area (Å²) in [6, 6.07) is 14.9. The van der Waals surface area contributed by atoms with Crippen molar-refractivity contribution in [1.82, 2.24) is 0 Å². The number of hydrogen-bond acceptors (Lipinski definition) is 2. The van der Waals surface area contributed by atoms with Crippen molar-refractivity contribution in [1.29, 1.82) is 0 Å². The van der Waals surface area contributed by atoms with Gasteiger partial charge in [0.25, 0.3) is 0 Å². The minimum absolute atomic E-state index is 0.259. The molecular weight excluding hydrogens is 516 g/mol. The highest BCUT2D eigenvalue weighted by molar-refractivity contribution is 7.16. The molecule has 3 heterocycles. The molecule has 36 heavy (non-hydrogen) atoms. The first-order chi connectivity index (χ1) is 16.9. The van der Waals surface area contributed by atoms with Crippen LogP contribution in [0.2, 0.25) is 0 Å². The minimum Gasteiger partial charge on any atom is -0.208 e. The maximum absolute atomic E-state index is 15.3. The molecule has 0 atom stereocenters. The van der Waals surface area contributed by atoms with E-state index in [2.05, 4.69) is 0 Å². The number of thiophene rings is 2. The van der Waals surface area contributed by atoms with Gasteiger partial charge in [0.15, 0.2) is 12.4 Å². The fraction of sp³-hybridized carbons (Fsp3) is 0.222. The molecule has 0 fully saturated rings. The number of allylic oxidation sites excluding steroid dienone is 2. The smallest absolute Gasteiger partial charge is 0.208 e. The number of pyridine rings is 1. The Kier molecular flexibility index (Phi) is 5.72. The zero-order valence-corrected chi connectivity index (χ0v) is 21.0. The van der Waals surface area contributed by atoms with Gasteiger partial charge in [-0.15, -0.1) is 22.7 Å². The summed E-state index contributed by atoms with van der Waals surface area (Å²) in [5.41, 5.74) is -1.82. The van der Waals surface area contributed by atoms with Crippen molar-refractivity contribution in [2.24, 2.45) is 7.05 Å². The molecule has 1 aliphatic carbocycles. The van der Waals surface area contributed by atoms with Crippen LogP contribution in [0, 0.1) is 13.8 Å². The molecule has 1 aromatic carbocycles. The van der Waals surface area contributed by atoms with Crippen LogP contribution in [-0.4, -0.2) is 17.8 Å². The second-order valence-corrected chi connectivity index (χ2v) is 11.3. The molecule has 0 N–H and O–H groups in total. The Morgan fingerprint density at radius 3 is 1.50 bits per heavy atom. The van der Waals surface area contributed by atoms with Crippen LogP contribution in [0.25, 0.3) is 32.0 Å². The average molecular weight is 537 g/mol. The highest BCUT2D eigenvalue weighted by atomic mass is 32.1. The van der Waals surface area contributed by atoms with Crippen molar-refractivity contribution in [3.8, 4) is 20.9 Å². The number of aryl methyl sites for hydroxylation is 3. The SMILES string of the molecule is Cc1sc(-c2ccccc2)cc1C1=C(c2cc(-c3cc[n+](C)cc3)sc2C)C(F)(F)C(F)(F)C1(F)F. The number of alkyl halides is 6. The molecule has 9 heteroatoms. The molecule has 0 radical (unpaired) electrons. The molecule has 0 aliphatic heterocycles. The molecule has 0 amide bonds. The van der Waals surface area contributed by atoms with E-state index in [9.17, 15) is 8.78 Å². The molecule has 0 spiro atoms. The molecule has 186 valence electrons. The third kappa shape index (κ3) is 3.55. The van der Waals surface area contributed by atoms with Crippen molar-refractivity contribution in [2.45, 2.75) is 31.6 Å². The van der Waals surface area contributed by atoms with Gasteiger partial charge in [-0.2, -0.15) is 26.3 Å². The number of nitrogens with zero attached hydrogens (tertiary/aromatic N) is 1. The van der Waals surface area contributed by atoms with Crippen molar-refractivity contribution < 1.29 is 30.9 Å². The van der Waals surface area contributed by atoms with Gasteiger partial charge in [-0.25, -0.2) is 4.57 Å². The first-order valence-electron chi connectivity index (χ1n) is 11.0. The molecule has 0 saturated heterocycles. The normalized spacial score (nSPS) is 18.1. The third-order valence-corrected chi connectivity index (χ3v) is 8.56. The standard InChI is InChI=1S/C27H20F6NS2/c1-15-19(13-21(35-15)17-7-5-4-6-8-17)23-24(26(30,31)27(32,33)25(23,28)29)20-14-22(36-16(20)2)18-9-11-34(3)12-10-18/h4-14H,1-3H3/q+1. The Bertz CT molecular complexity index is 1480. The maximum atomic E-state index is 15.3. The van der Waals surface area contributed by atoms with Crippen LogP contribution in [0.15, 0.2) is 67.0 Å². The Hall–Kier alpha value is -2.91. The topological polar surface area (TPSA) is 3.88 Å². The van der Waals surface area contributed by atoms with Crippen LogP contribution >= 0.6 is 22.7 Å². The van der Waals surface area contributed by atoms with Crippen LogP contribution in [0.1, 0.15) is 20.9 Å². The quantitative estimate of drug-likeness (QED) is 0.182. The number of aromatic nitrogens is 1. The number of benzene rings is 1. The van der Waals surface area contributed by atoms with Gasteiger partial charge in [-0.05, 0) is 42.7 Å². The Labute approximate surface area is 212 Å². The summed E-state index contributed by atoms with van der Waals surface area (Å²) >= 11 is 2.20. The summed E-state index contributed by atoms with van der Waals surface area (Å²) in [5.74, 6) is -15.7. The summed E-state index contributed by atoms with van der Waals surface area (Å²) in [6.07, 6.45) is 3.50. The Morgan fingerprint density at radius 2 is 1.06 bits per heavy atom. The van der Waals surface area contributed by atoms with Gasteiger partial charge in [-0.1, -0.05) is 30.3 Å². The highest BCUT2D eigenvalue weighted by Gasteiger charge is 2.80. The molecule has 1 aliphatic rings. The number of hydrogen-bond donors (Lipinski definition) is 0. The molecule has 4 aromatic rings. The van der Waals surface area contributed by atoms with Gasteiger partial charge in [0.1, 0.15) is 7.05 Å². The first kappa shape index (κ1) is 24.8. The lowest BCUT2D eigenvalue weighted by atomic mass is 9.94. The summed E-state index contributed by atoms with van der Waals surface area (Å²) in [4.78, 5) is 1.58. The fourth-order valence-corrected chi connectivity index (χ4v) is 6.51. The van der Waals surface area contributed by atoms with E-state index in [0.717, 1.165) is 22.7 Å². The second kappa shape index (κ2) is 8.31. The first-order valence-corrected chi connectivity index (χ1v) is 12.6. The fourth-order valence-electron chi connectivity index (χ4n) is 4.45. The summed E-state index contributed by atoms with van der Waals surface area (Å²) in [5, 5.41) is 0. The molecular formula is C27H20F6NS2+. The lowest BCUT2D eigenvalue weighted by Gasteiger charge is -2.25. The maximum Gasteiger partial charge on any atom is 0.380 e. The average Bonchev–Trinajstić information content (AvgIpc) is 3.42. The van der Waals surface area contributed by atoms with Crippen LogP contribution in [0.3, 0.4) is 0 Å². The predicted octanol–water partition coefficient (Wildman–Crippen LogP) is 8.42. The number of rotatable bonds is 4. The summed E-state index contributed by atoms with van der Waals surface area (Å²) in [7, 11) is 1.81. The third-order valence-electron chi connectivity index (χ3n) is 6.36. The van der Waals surface area contributed by atoms with E-state index >= 15 is 17.6 Å². The van der Waals surface area contributed by atoms with Crippen LogP contribution in [-0.2, 0) is 7.05 Å². The van der Waals surface area contributed by atoms with E-state index in [1.807, 2.05) is 7.05 Å². The van der Waals surface area contributed by atoms with E-state index in [0.29, 0.717) is 20.9 Å². The zero-order valence-electron chi connectivity index (χ0n) is 19.4. The predicted molar refractivity (Wildman–Crippen MR) is 132 cm³/mol. The van der Waals surface area contributed by atoms with Crippen molar-refractivity contribution in [2.75, 3.05) is 0 Å². The molecule has 5 rings (SSSR count). The summed E-state index contributed by atoms with van der Waals surface area (Å²) in [6.45, 7) is 2.97. The highest BCUT2D eigenvalue weighted by Crippen LogP contribution is 2.66. The van der Waals surface area contributed by atoms with E-state index in [1.54, 1.807) is 59.4 Å². The lowest BCUT2D eigenvalue weighted by Crippen LogP contribution is -2.48.